The van der Waals surface area contributed by atoms with Crippen LogP contribution in [0.3, 0.4) is 0 Å². The number of fused-ring (bicyclic) bond motifs is 1. The Hall–Kier alpha value is -3.38. The molecule has 0 fully saturated rings. The summed E-state index contributed by atoms with van der Waals surface area (Å²) in [7, 11) is 0. The van der Waals surface area contributed by atoms with Gasteiger partial charge >= 0.3 is 0 Å². The highest BCUT2D eigenvalue weighted by atomic mass is 32.1. The Kier molecular flexibility index (Phi) is 4.05. The first-order chi connectivity index (χ1) is 13.0. The number of rotatable bonds is 3. The van der Waals surface area contributed by atoms with Crippen LogP contribution in [0.15, 0.2) is 61.2 Å². The van der Waals surface area contributed by atoms with Crippen molar-refractivity contribution in [2.75, 3.05) is 0 Å². The minimum atomic E-state index is -0.0758. The van der Waals surface area contributed by atoms with E-state index in [1.54, 1.807) is 10.6 Å². The van der Waals surface area contributed by atoms with Crippen LogP contribution in [-0.4, -0.2) is 25.0 Å². The van der Waals surface area contributed by atoms with E-state index < -0.39 is 0 Å². The second-order valence-electron chi connectivity index (χ2n) is 6.35. The number of phenolic OH excluding ortho intramolecular Hbond substituents is 2. The molecule has 1 heterocycles. The number of hydrogen-bond acceptors (Lipinski definition) is 4. The monoisotopic (exact) mass is 375 g/mol. The van der Waals surface area contributed by atoms with Crippen molar-refractivity contribution in [1.29, 1.82) is 0 Å². The van der Waals surface area contributed by atoms with E-state index in [4.69, 9.17) is 12.2 Å². The van der Waals surface area contributed by atoms with Gasteiger partial charge in [-0.2, -0.15) is 5.10 Å². The maximum Gasteiger partial charge on any atom is 0.200 e. The maximum absolute atomic E-state index is 10.3. The van der Waals surface area contributed by atoms with Gasteiger partial charge in [0, 0.05) is 11.5 Å². The minimum Gasteiger partial charge on any atom is -0.508 e. The van der Waals surface area contributed by atoms with E-state index in [1.807, 2.05) is 43.3 Å². The van der Waals surface area contributed by atoms with Crippen molar-refractivity contribution in [3.63, 3.8) is 0 Å². The molecule has 5 nitrogen and oxygen atoms in total. The van der Waals surface area contributed by atoms with Gasteiger partial charge in [-0.1, -0.05) is 42.5 Å². The molecule has 0 saturated carbocycles. The number of aromatic amines is 1. The van der Waals surface area contributed by atoms with Gasteiger partial charge in [-0.05, 0) is 48.3 Å². The summed E-state index contributed by atoms with van der Waals surface area (Å²) in [5.41, 5.74) is 3.35. The molecule has 27 heavy (non-hydrogen) atoms. The van der Waals surface area contributed by atoms with E-state index in [-0.39, 0.29) is 11.5 Å². The average molecular weight is 375 g/mol. The van der Waals surface area contributed by atoms with Crippen LogP contribution >= 0.6 is 12.2 Å². The second-order valence-corrected chi connectivity index (χ2v) is 6.73. The van der Waals surface area contributed by atoms with Gasteiger partial charge in [-0.15, -0.1) is 0 Å². The number of aromatic nitrogens is 3. The van der Waals surface area contributed by atoms with Crippen molar-refractivity contribution >= 4 is 28.6 Å². The second kappa shape index (κ2) is 6.41. The molecule has 3 N–H and O–H groups in total. The summed E-state index contributed by atoms with van der Waals surface area (Å²) in [6.45, 7) is 6.04. The molecular weight excluding hydrogens is 358 g/mol. The zero-order valence-electron chi connectivity index (χ0n) is 14.6. The predicted octanol–water partition coefficient (Wildman–Crippen LogP) is 5.19. The maximum atomic E-state index is 10.3. The first-order valence-electron chi connectivity index (χ1n) is 8.35. The zero-order chi connectivity index (χ0) is 19.1. The lowest BCUT2D eigenvalue weighted by Gasteiger charge is -2.14. The van der Waals surface area contributed by atoms with E-state index in [1.165, 1.54) is 12.1 Å². The fourth-order valence-corrected chi connectivity index (χ4v) is 3.49. The van der Waals surface area contributed by atoms with Crippen molar-refractivity contribution in [3.8, 4) is 28.6 Å². The van der Waals surface area contributed by atoms with Crippen LogP contribution in [0.5, 0.6) is 11.5 Å². The molecule has 0 aliphatic rings. The van der Waals surface area contributed by atoms with Gasteiger partial charge in [-0.25, -0.2) is 0 Å². The summed E-state index contributed by atoms with van der Waals surface area (Å²) >= 11 is 5.47. The first kappa shape index (κ1) is 17.1. The number of nitrogens with one attached hydrogen (secondary N) is 1. The van der Waals surface area contributed by atoms with Gasteiger partial charge in [0.25, 0.3) is 0 Å². The largest absolute Gasteiger partial charge is 0.508 e. The molecule has 0 unspecified atom stereocenters. The molecule has 4 rings (SSSR count). The number of hydrogen-bond donors (Lipinski definition) is 3. The quantitative estimate of drug-likeness (QED) is 0.431. The van der Waals surface area contributed by atoms with E-state index >= 15 is 0 Å². The molecule has 0 atom stereocenters. The van der Waals surface area contributed by atoms with Crippen molar-refractivity contribution in [2.24, 2.45) is 0 Å². The SMILES string of the molecule is C=C(C)c1ccc(-n2c(-c3ccc(O)cc3O)n[nH]c2=S)c2ccccc12. The van der Waals surface area contributed by atoms with Crippen LogP contribution < -0.4 is 0 Å². The van der Waals surface area contributed by atoms with Gasteiger partial charge in [0.1, 0.15) is 11.5 Å². The summed E-state index contributed by atoms with van der Waals surface area (Å²) in [5, 5.41) is 29.0. The Bertz CT molecular complexity index is 1250. The Morgan fingerprint density at radius 3 is 2.52 bits per heavy atom. The van der Waals surface area contributed by atoms with Gasteiger partial charge in [0.15, 0.2) is 10.6 Å². The molecule has 6 heteroatoms. The summed E-state index contributed by atoms with van der Waals surface area (Å²) in [6.07, 6.45) is 0. The lowest BCUT2D eigenvalue weighted by Crippen LogP contribution is -2.00. The third-order valence-electron chi connectivity index (χ3n) is 4.50. The van der Waals surface area contributed by atoms with Crippen LogP contribution in [-0.2, 0) is 0 Å². The molecular formula is C21H17N3O2S. The van der Waals surface area contributed by atoms with Crippen LogP contribution in [0, 0.1) is 4.77 Å². The van der Waals surface area contributed by atoms with Crippen LogP contribution in [0.2, 0.25) is 0 Å². The Morgan fingerprint density at radius 2 is 1.81 bits per heavy atom. The highest BCUT2D eigenvalue weighted by Crippen LogP contribution is 2.35. The first-order valence-corrected chi connectivity index (χ1v) is 8.76. The molecule has 134 valence electrons. The topological polar surface area (TPSA) is 74.1 Å². The highest BCUT2D eigenvalue weighted by Gasteiger charge is 2.17. The van der Waals surface area contributed by atoms with Gasteiger partial charge < -0.3 is 10.2 Å². The van der Waals surface area contributed by atoms with E-state index in [0.29, 0.717) is 16.2 Å². The summed E-state index contributed by atoms with van der Waals surface area (Å²) in [4.78, 5) is 0. The Labute approximate surface area is 160 Å². The molecule has 1 aromatic heterocycles. The van der Waals surface area contributed by atoms with Crippen molar-refractivity contribution in [1.82, 2.24) is 14.8 Å². The van der Waals surface area contributed by atoms with Gasteiger partial charge in [0.05, 0.1) is 11.3 Å². The molecule has 0 aliphatic carbocycles. The molecule has 0 aliphatic heterocycles. The lowest BCUT2D eigenvalue weighted by atomic mass is 9.98. The van der Waals surface area contributed by atoms with Crippen molar-refractivity contribution < 1.29 is 10.2 Å². The van der Waals surface area contributed by atoms with Crippen molar-refractivity contribution in [3.05, 3.63) is 71.5 Å². The standard InChI is InChI=1S/C21H17N3O2S/c1-12(2)14-9-10-18(16-6-4-3-5-15(14)16)24-20(22-23-21(24)27)17-8-7-13(25)11-19(17)26/h3-11,25-26H,1H2,2H3,(H,23,27). The molecule has 0 saturated heterocycles. The summed E-state index contributed by atoms with van der Waals surface area (Å²) in [6, 6.07) is 16.4. The van der Waals surface area contributed by atoms with Crippen LogP contribution in [0.1, 0.15) is 12.5 Å². The van der Waals surface area contributed by atoms with E-state index in [0.717, 1.165) is 27.6 Å². The number of nitrogens with zero attached hydrogens (tertiary/aromatic N) is 2. The molecule has 0 radical (unpaired) electrons. The molecule has 3 aromatic carbocycles. The molecule has 0 amide bonds. The third kappa shape index (κ3) is 2.80. The van der Waals surface area contributed by atoms with Crippen LogP contribution in [0.4, 0.5) is 0 Å². The average Bonchev–Trinajstić information content (AvgIpc) is 3.01. The fraction of sp³-hybridized carbons (Fsp3) is 0.0476. The van der Waals surface area contributed by atoms with Crippen LogP contribution in [0.25, 0.3) is 33.4 Å². The van der Waals surface area contributed by atoms with Gasteiger partial charge in [-0.3, -0.25) is 9.67 Å². The van der Waals surface area contributed by atoms with E-state index in [2.05, 4.69) is 16.8 Å². The molecule has 0 spiro atoms. The lowest BCUT2D eigenvalue weighted by molar-refractivity contribution is 0.451. The van der Waals surface area contributed by atoms with Crippen molar-refractivity contribution in [2.45, 2.75) is 6.92 Å². The fourth-order valence-electron chi connectivity index (χ4n) is 3.26. The third-order valence-corrected chi connectivity index (χ3v) is 4.77. The summed E-state index contributed by atoms with van der Waals surface area (Å²) < 4.78 is 2.19. The summed E-state index contributed by atoms with van der Waals surface area (Å²) in [5.74, 6) is 0.368. The smallest absolute Gasteiger partial charge is 0.200 e. The molecule has 0 bridgehead atoms. The van der Waals surface area contributed by atoms with Gasteiger partial charge in [0.2, 0.25) is 0 Å². The number of phenols is 2. The zero-order valence-corrected chi connectivity index (χ0v) is 15.4. The minimum absolute atomic E-state index is 0.0202. The Morgan fingerprint density at radius 1 is 1.07 bits per heavy atom. The number of H-pyrrole nitrogens is 1. The van der Waals surface area contributed by atoms with E-state index in [9.17, 15) is 10.2 Å². The normalized spacial score (nSPS) is 11.0. The highest BCUT2D eigenvalue weighted by molar-refractivity contribution is 7.71. The Balaban J connectivity index is 2.04. The number of allylic oxidation sites excluding steroid dienone is 1. The molecule has 4 aromatic rings. The number of aromatic hydroxyl groups is 2. The predicted molar refractivity (Wildman–Crippen MR) is 110 cm³/mol. The number of benzene rings is 3.